The van der Waals surface area contributed by atoms with E-state index in [0.29, 0.717) is 6.61 Å². The molecule has 1 aromatic rings. The van der Waals surface area contributed by atoms with Crippen LogP contribution in [0.2, 0.25) is 0 Å². The highest BCUT2D eigenvalue weighted by Gasteiger charge is 2.63. The predicted octanol–water partition coefficient (Wildman–Crippen LogP) is 3.21. The Kier molecular flexibility index (Phi) is 3.40. The lowest BCUT2D eigenvalue weighted by Crippen LogP contribution is -2.53. The molecule has 1 aliphatic carbocycles. The van der Waals surface area contributed by atoms with Crippen LogP contribution in [-0.4, -0.2) is 23.8 Å². The van der Waals surface area contributed by atoms with Crippen molar-refractivity contribution >= 4 is 5.97 Å². The Morgan fingerprint density at radius 1 is 1.36 bits per heavy atom. The van der Waals surface area contributed by atoms with E-state index in [4.69, 9.17) is 4.74 Å². The van der Waals surface area contributed by atoms with Crippen molar-refractivity contribution < 1.29 is 23.4 Å². The third-order valence-corrected chi connectivity index (χ3v) is 4.75. The molecule has 0 spiro atoms. The van der Waals surface area contributed by atoms with E-state index in [-0.39, 0.29) is 12.0 Å². The molecule has 1 saturated heterocycles. The Labute approximate surface area is 126 Å². The van der Waals surface area contributed by atoms with E-state index in [0.717, 1.165) is 12.1 Å². The van der Waals surface area contributed by atoms with Gasteiger partial charge in [-0.05, 0) is 12.5 Å². The number of aliphatic carboxylic acids is 1. The van der Waals surface area contributed by atoms with Crippen molar-refractivity contribution in [3.8, 4) is 0 Å². The van der Waals surface area contributed by atoms with Crippen LogP contribution in [0.15, 0.2) is 42.5 Å². The van der Waals surface area contributed by atoms with Gasteiger partial charge in [0.1, 0.15) is 17.0 Å². The minimum Gasteiger partial charge on any atom is -0.481 e. The molecule has 116 valence electrons. The molecule has 1 unspecified atom stereocenters. The van der Waals surface area contributed by atoms with Crippen molar-refractivity contribution in [3.63, 3.8) is 0 Å². The summed E-state index contributed by atoms with van der Waals surface area (Å²) in [6.45, 7) is 2.10. The highest BCUT2D eigenvalue weighted by molar-refractivity contribution is 5.82. The summed E-state index contributed by atoms with van der Waals surface area (Å²) in [5, 5.41) is 9.87. The second-order valence-corrected chi connectivity index (χ2v) is 5.66. The molecule has 0 radical (unpaired) electrons. The first-order valence-corrected chi connectivity index (χ1v) is 7.15. The Morgan fingerprint density at radius 2 is 2.05 bits per heavy atom. The molecule has 3 rings (SSSR count). The van der Waals surface area contributed by atoms with Gasteiger partial charge in [-0.1, -0.05) is 37.3 Å². The molecular formula is C17H16F2O3. The van der Waals surface area contributed by atoms with Gasteiger partial charge in [-0.25, -0.2) is 8.78 Å². The number of hydrogen-bond acceptors (Lipinski definition) is 2. The standard InChI is InChI=1S/C17H16F2O3/c1-2-16(15(20)21)7-3-4-8-17(16,14-10-22-14)12-6-5-11(18)9-13(12)19/h3-9,14H,2,10H2,1H3,(H,20,21)/t14?,16-,17-/m1/s1. The van der Waals surface area contributed by atoms with Gasteiger partial charge >= 0.3 is 5.97 Å². The third-order valence-electron chi connectivity index (χ3n) is 4.75. The lowest BCUT2D eigenvalue weighted by atomic mass is 9.55. The number of allylic oxidation sites excluding steroid dienone is 2. The molecule has 0 bridgehead atoms. The number of rotatable bonds is 4. The first-order chi connectivity index (χ1) is 10.5. The molecule has 5 heteroatoms. The van der Waals surface area contributed by atoms with Crippen LogP contribution in [-0.2, 0) is 14.9 Å². The SMILES string of the molecule is CC[C@]1(C(=O)O)C=CC=C[C@@]1(c1ccc(F)cc1F)C1CO1. The van der Waals surface area contributed by atoms with Crippen LogP contribution in [0.5, 0.6) is 0 Å². The summed E-state index contributed by atoms with van der Waals surface area (Å²) in [5.41, 5.74) is -2.36. The lowest BCUT2D eigenvalue weighted by molar-refractivity contribution is -0.150. The van der Waals surface area contributed by atoms with Gasteiger partial charge in [0.25, 0.3) is 0 Å². The summed E-state index contributed by atoms with van der Waals surface area (Å²) in [6, 6.07) is 3.26. The number of halogens is 2. The van der Waals surface area contributed by atoms with Gasteiger partial charge in [-0.2, -0.15) is 0 Å². The van der Waals surface area contributed by atoms with Crippen molar-refractivity contribution in [2.45, 2.75) is 24.9 Å². The van der Waals surface area contributed by atoms with Crippen LogP contribution in [0.4, 0.5) is 8.78 Å². The molecule has 1 heterocycles. The van der Waals surface area contributed by atoms with Gasteiger partial charge in [0.15, 0.2) is 0 Å². The van der Waals surface area contributed by atoms with Crippen LogP contribution in [0.3, 0.4) is 0 Å². The smallest absolute Gasteiger partial charge is 0.314 e. The van der Waals surface area contributed by atoms with E-state index in [1.165, 1.54) is 6.07 Å². The molecule has 2 aliphatic rings. The van der Waals surface area contributed by atoms with E-state index < -0.39 is 34.5 Å². The molecule has 1 aliphatic heterocycles. The maximum absolute atomic E-state index is 14.5. The highest BCUT2D eigenvalue weighted by Crippen LogP contribution is 2.55. The number of ether oxygens (including phenoxy) is 1. The van der Waals surface area contributed by atoms with E-state index in [9.17, 15) is 18.7 Å². The maximum Gasteiger partial charge on any atom is 0.314 e. The van der Waals surface area contributed by atoms with E-state index in [1.807, 2.05) is 0 Å². The van der Waals surface area contributed by atoms with E-state index >= 15 is 0 Å². The van der Waals surface area contributed by atoms with Gasteiger partial charge in [0.2, 0.25) is 0 Å². The molecule has 0 aromatic heterocycles. The zero-order valence-electron chi connectivity index (χ0n) is 12.1. The molecule has 1 aromatic carbocycles. The molecule has 0 saturated carbocycles. The molecule has 22 heavy (non-hydrogen) atoms. The van der Waals surface area contributed by atoms with Gasteiger partial charge in [0.05, 0.1) is 18.1 Å². The molecule has 3 nitrogen and oxygen atoms in total. The summed E-state index contributed by atoms with van der Waals surface area (Å²) in [5.74, 6) is -2.50. The summed E-state index contributed by atoms with van der Waals surface area (Å²) >= 11 is 0. The molecular weight excluding hydrogens is 290 g/mol. The number of carbonyl (C=O) groups is 1. The topological polar surface area (TPSA) is 49.8 Å². The fraction of sp³-hybridized carbons (Fsp3) is 0.353. The lowest BCUT2D eigenvalue weighted by Gasteiger charge is -2.45. The van der Waals surface area contributed by atoms with Crippen LogP contribution < -0.4 is 0 Å². The van der Waals surface area contributed by atoms with Gasteiger partial charge in [-0.15, -0.1) is 0 Å². The Balaban J connectivity index is 2.29. The second-order valence-electron chi connectivity index (χ2n) is 5.66. The molecule has 1 N–H and O–H groups in total. The van der Waals surface area contributed by atoms with Crippen molar-refractivity contribution in [1.29, 1.82) is 0 Å². The summed E-state index contributed by atoms with van der Waals surface area (Å²) in [6.07, 6.45) is 6.43. The number of benzene rings is 1. The summed E-state index contributed by atoms with van der Waals surface area (Å²) < 4.78 is 33.1. The number of carboxylic acids is 1. The van der Waals surface area contributed by atoms with E-state index in [1.54, 1.807) is 31.2 Å². The van der Waals surface area contributed by atoms with Crippen molar-refractivity contribution in [3.05, 3.63) is 59.7 Å². The van der Waals surface area contributed by atoms with Crippen molar-refractivity contribution in [2.75, 3.05) is 6.61 Å². The van der Waals surface area contributed by atoms with Crippen molar-refractivity contribution in [1.82, 2.24) is 0 Å². The van der Waals surface area contributed by atoms with Crippen LogP contribution >= 0.6 is 0 Å². The summed E-state index contributed by atoms with van der Waals surface area (Å²) in [4.78, 5) is 12.1. The third kappa shape index (κ3) is 1.85. The number of epoxide rings is 1. The fourth-order valence-corrected chi connectivity index (χ4v) is 3.56. The quantitative estimate of drug-likeness (QED) is 0.869. The number of carboxylic acid groups (broad SMARTS) is 1. The van der Waals surface area contributed by atoms with Gasteiger partial charge in [-0.3, -0.25) is 4.79 Å². The minimum atomic E-state index is -1.33. The van der Waals surface area contributed by atoms with Crippen molar-refractivity contribution in [2.24, 2.45) is 5.41 Å². The Bertz CT molecular complexity index is 678. The average molecular weight is 306 g/mol. The second kappa shape index (κ2) is 5.02. The zero-order valence-corrected chi connectivity index (χ0v) is 12.1. The monoisotopic (exact) mass is 306 g/mol. The van der Waals surface area contributed by atoms with Crippen LogP contribution in [0.1, 0.15) is 18.9 Å². The fourth-order valence-electron chi connectivity index (χ4n) is 3.56. The first kappa shape index (κ1) is 14.9. The largest absolute Gasteiger partial charge is 0.481 e. The predicted molar refractivity (Wildman–Crippen MR) is 76.4 cm³/mol. The van der Waals surface area contributed by atoms with Gasteiger partial charge in [0, 0.05) is 11.6 Å². The maximum atomic E-state index is 14.5. The van der Waals surface area contributed by atoms with Crippen LogP contribution in [0.25, 0.3) is 0 Å². The van der Waals surface area contributed by atoms with Gasteiger partial charge < -0.3 is 9.84 Å². The average Bonchev–Trinajstić information content (AvgIpc) is 3.31. The molecule has 1 fully saturated rings. The highest BCUT2D eigenvalue weighted by atomic mass is 19.1. The molecule has 0 amide bonds. The Hall–Kier alpha value is -2.01. The number of hydrogen-bond donors (Lipinski definition) is 1. The van der Waals surface area contributed by atoms with Crippen LogP contribution in [0, 0.1) is 17.0 Å². The minimum absolute atomic E-state index is 0.154. The zero-order chi connectivity index (χ0) is 16.0. The van der Waals surface area contributed by atoms with E-state index in [2.05, 4.69) is 0 Å². The summed E-state index contributed by atoms with van der Waals surface area (Å²) in [7, 11) is 0. The molecule has 3 atom stereocenters. The first-order valence-electron chi connectivity index (χ1n) is 7.15. The Morgan fingerprint density at radius 3 is 2.59 bits per heavy atom. The normalized spacial score (nSPS) is 33.0.